The number of benzene rings is 1. The molecule has 0 N–H and O–H groups in total. The van der Waals surface area contributed by atoms with Gasteiger partial charge in [0.2, 0.25) is 0 Å². The van der Waals surface area contributed by atoms with Crippen molar-refractivity contribution in [2.45, 2.75) is 71.1 Å². The molecule has 1 atom stereocenters. The average molecular weight is 400 g/mol. The van der Waals surface area contributed by atoms with E-state index in [2.05, 4.69) is 65.7 Å². The Morgan fingerprint density at radius 2 is 1.83 bits per heavy atom. The summed E-state index contributed by atoms with van der Waals surface area (Å²) < 4.78 is 14.0. The van der Waals surface area contributed by atoms with E-state index in [4.69, 9.17) is 9.16 Å². The van der Waals surface area contributed by atoms with Crippen molar-refractivity contribution in [1.29, 1.82) is 0 Å². The van der Waals surface area contributed by atoms with Crippen LogP contribution in [0.4, 0.5) is 0 Å². The molecule has 0 saturated heterocycles. The number of ether oxygens (including phenoxy) is 1. The van der Waals surface area contributed by atoms with Gasteiger partial charge in [0.25, 0.3) is 0 Å². The zero-order chi connectivity index (χ0) is 17.6. The summed E-state index contributed by atoms with van der Waals surface area (Å²) in [5.74, 6) is 3.31. The second kappa shape index (κ2) is 6.22. The van der Waals surface area contributed by atoms with E-state index >= 15 is 0 Å². The first-order chi connectivity index (χ1) is 10.4. The summed E-state index contributed by atoms with van der Waals surface area (Å²) >= 11 is 0.395. The van der Waals surface area contributed by atoms with Crippen molar-refractivity contribution in [3.63, 3.8) is 0 Å². The third-order valence-electron chi connectivity index (χ3n) is 5.51. The summed E-state index contributed by atoms with van der Waals surface area (Å²) in [6.07, 6.45) is 1.28. The second-order valence-corrected chi connectivity index (χ2v) is 15.3. The van der Waals surface area contributed by atoms with Crippen LogP contribution in [0.2, 0.25) is 24.0 Å². The van der Waals surface area contributed by atoms with Crippen molar-refractivity contribution in [2.24, 2.45) is 5.41 Å². The normalized spacial score (nSPS) is 20.5. The predicted molar refractivity (Wildman–Crippen MR) is 103 cm³/mol. The van der Waals surface area contributed by atoms with Gasteiger partial charge >= 0.3 is 150 Å². The van der Waals surface area contributed by atoms with Crippen LogP contribution in [0.1, 0.15) is 51.8 Å². The molecule has 0 saturated carbocycles. The van der Waals surface area contributed by atoms with Gasteiger partial charge in [-0.15, -0.1) is 0 Å². The van der Waals surface area contributed by atoms with Gasteiger partial charge in [-0.25, -0.2) is 0 Å². The Bertz CT molecular complexity index is 588. The van der Waals surface area contributed by atoms with Crippen molar-refractivity contribution in [3.05, 3.63) is 23.3 Å². The molecule has 23 heavy (non-hydrogen) atoms. The van der Waals surface area contributed by atoms with Crippen LogP contribution in [0.25, 0.3) is 0 Å². The van der Waals surface area contributed by atoms with Crippen LogP contribution in [0.15, 0.2) is 12.1 Å². The van der Waals surface area contributed by atoms with Gasteiger partial charge in [-0.3, -0.25) is 0 Å². The third-order valence-corrected chi connectivity index (χ3v) is 11.7. The van der Waals surface area contributed by atoms with Crippen molar-refractivity contribution >= 4 is 27.7 Å². The molecule has 0 fully saturated rings. The molecule has 0 unspecified atom stereocenters. The van der Waals surface area contributed by atoms with Gasteiger partial charge < -0.3 is 0 Å². The van der Waals surface area contributed by atoms with Crippen LogP contribution in [0, 0.1) is 5.41 Å². The SMILES string of the molecule is COc1ccc2c(c1[Se]C)[C@H](O[Si](C)(C)C(C)(C)C)C(C)(C)C2. The fourth-order valence-electron chi connectivity index (χ4n) is 3.10. The van der Waals surface area contributed by atoms with Crippen molar-refractivity contribution in [2.75, 3.05) is 7.11 Å². The molecule has 1 aromatic rings. The van der Waals surface area contributed by atoms with Crippen LogP contribution < -0.4 is 9.20 Å². The quantitative estimate of drug-likeness (QED) is 0.682. The zero-order valence-corrected chi connectivity index (χ0v) is 18.9. The molecule has 2 nitrogen and oxygen atoms in total. The van der Waals surface area contributed by atoms with Crippen molar-refractivity contribution in [3.8, 4) is 5.75 Å². The summed E-state index contributed by atoms with van der Waals surface area (Å²) in [6.45, 7) is 16.4. The first-order valence-electron chi connectivity index (χ1n) is 8.36. The Hall–Kier alpha value is -0.284. The van der Waals surface area contributed by atoms with Crippen LogP contribution in [0.5, 0.6) is 5.75 Å². The van der Waals surface area contributed by atoms with E-state index < -0.39 is 8.32 Å². The molecule has 0 aromatic heterocycles. The van der Waals surface area contributed by atoms with E-state index in [0.717, 1.165) is 12.2 Å². The fourth-order valence-corrected chi connectivity index (χ4v) is 6.18. The minimum atomic E-state index is -1.82. The number of methoxy groups -OCH3 is 1. The molecule has 130 valence electrons. The Balaban J connectivity index is 2.54. The Morgan fingerprint density at radius 1 is 1.22 bits per heavy atom. The molecular formula is C19H32O2SeSi. The van der Waals surface area contributed by atoms with Crippen LogP contribution in [-0.2, 0) is 10.8 Å². The first kappa shape index (κ1) is 19.0. The minimum absolute atomic E-state index is 0.143. The van der Waals surface area contributed by atoms with Gasteiger partial charge in [0.05, 0.1) is 0 Å². The first-order valence-corrected chi connectivity index (χ1v) is 13.8. The Kier molecular flexibility index (Phi) is 5.15. The van der Waals surface area contributed by atoms with E-state index in [0.29, 0.717) is 15.0 Å². The number of hydrogen-bond donors (Lipinski definition) is 0. The molecule has 0 amide bonds. The predicted octanol–water partition coefficient (Wildman–Crippen LogP) is 4.72. The van der Waals surface area contributed by atoms with E-state index in [9.17, 15) is 0 Å². The van der Waals surface area contributed by atoms with E-state index in [1.807, 2.05) is 0 Å². The summed E-state index contributed by atoms with van der Waals surface area (Å²) in [7, 11) is -0.0458. The van der Waals surface area contributed by atoms with Crippen molar-refractivity contribution < 1.29 is 9.16 Å². The average Bonchev–Trinajstić information content (AvgIpc) is 2.67. The van der Waals surface area contributed by atoms with E-state index in [-0.39, 0.29) is 16.6 Å². The van der Waals surface area contributed by atoms with Crippen LogP contribution in [0.3, 0.4) is 0 Å². The van der Waals surface area contributed by atoms with Crippen LogP contribution in [-0.4, -0.2) is 30.4 Å². The fraction of sp³-hybridized carbons (Fsp3) is 0.684. The molecule has 0 radical (unpaired) electrons. The molecule has 1 aliphatic carbocycles. The van der Waals surface area contributed by atoms with Gasteiger partial charge in [-0.2, -0.15) is 0 Å². The van der Waals surface area contributed by atoms with Gasteiger partial charge in [0, 0.05) is 0 Å². The summed E-state index contributed by atoms with van der Waals surface area (Å²) in [6, 6.07) is 4.39. The third kappa shape index (κ3) is 3.42. The molecule has 1 aromatic carbocycles. The van der Waals surface area contributed by atoms with E-state index in [1.165, 1.54) is 15.6 Å². The number of fused-ring (bicyclic) bond motifs is 1. The summed E-state index contributed by atoms with van der Waals surface area (Å²) in [4.78, 5) is 0. The van der Waals surface area contributed by atoms with Gasteiger partial charge in [-0.1, -0.05) is 0 Å². The molecule has 4 heteroatoms. The standard InChI is InChI=1S/C19H32O2SeSi/c1-18(2,3)23(8,9)21-17-15-13(12-19(17,4)5)10-11-14(20-6)16(15)22-7/h10-11,17H,12H2,1-9H3/t17-/m0/s1. The van der Waals surface area contributed by atoms with Crippen LogP contribution >= 0.6 is 0 Å². The van der Waals surface area contributed by atoms with Gasteiger partial charge in [0.1, 0.15) is 0 Å². The summed E-state index contributed by atoms with van der Waals surface area (Å²) in [5, 5.41) is 0.224. The molecule has 0 aliphatic heterocycles. The molecule has 0 heterocycles. The zero-order valence-electron chi connectivity index (χ0n) is 16.2. The van der Waals surface area contributed by atoms with Crippen molar-refractivity contribution in [1.82, 2.24) is 0 Å². The molecule has 1 aliphatic rings. The Labute approximate surface area is 149 Å². The maximum atomic E-state index is 6.94. The molecule has 0 spiro atoms. The number of hydrogen-bond acceptors (Lipinski definition) is 2. The monoisotopic (exact) mass is 400 g/mol. The van der Waals surface area contributed by atoms with Gasteiger partial charge in [-0.05, 0) is 0 Å². The van der Waals surface area contributed by atoms with E-state index in [1.54, 1.807) is 7.11 Å². The topological polar surface area (TPSA) is 18.5 Å². The Morgan fingerprint density at radius 3 is 2.30 bits per heavy atom. The maximum absolute atomic E-state index is 6.94. The van der Waals surface area contributed by atoms with Gasteiger partial charge in [0.15, 0.2) is 0 Å². The summed E-state index contributed by atoms with van der Waals surface area (Å²) in [5.41, 5.74) is 3.03. The molecule has 2 rings (SSSR count). The second-order valence-electron chi connectivity index (χ2n) is 8.80. The molecule has 0 bridgehead atoms. The molecular weight excluding hydrogens is 367 g/mol. The number of rotatable bonds is 4.